The van der Waals surface area contributed by atoms with Crippen LogP contribution in [0.15, 0.2) is 0 Å². The molecule has 0 aliphatic carbocycles. The van der Waals surface area contributed by atoms with Gasteiger partial charge in [0.15, 0.2) is 0 Å². The first-order valence-corrected chi connectivity index (χ1v) is 9.04. The molecule has 0 saturated heterocycles. The summed E-state index contributed by atoms with van der Waals surface area (Å²) in [7, 11) is 0. The highest BCUT2D eigenvalue weighted by Gasteiger charge is 1.98. The summed E-state index contributed by atoms with van der Waals surface area (Å²) in [6.07, 6.45) is 18.7. The summed E-state index contributed by atoms with van der Waals surface area (Å²) in [5.41, 5.74) is 0. The molecule has 0 saturated carbocycles. The monoisotopic (exact) mass is 269 g/mol. The lowest BCUT2D eigenvalue weighted by atomic mass is 10.0. The van der Waals surface area contributed by atoms with Crippen LogP contribution in [0, 0.1) is 0 Å². The van der Waals surface area contributed by atoms with Gasteiger partial charge in [-0.25, -0.2) is 0 Å². The maximum atomic E-state index is 3.49. The second kappa shape index (κ2) is 16.0. The summed E-state index contributed by atoms with van der Waals surface area (Å²) < 4.78 is 0. The summed E-state index contributed by atoms with van der Waals surface area (Å²) in [4.78, 5) is 0. The molecule has 0 aliphatic rings. The van der Waals surface area contributed by atoms with E-state index < -0.39 is 0 Å². The molecule has 116 valence electrons. The summed E-state index contributed by atoms with van der Waals surface area (Å²) >= 11 is 0. The summed E-state index contributed by atoms with van der Waals surface area (Å²) in [6, 6.07) is 0.716. The molecule has 0 aromatic carbocycles. The van der Waals surface area contributed by atoms with Gasteiger partial charge in [0.1, 0.15) is 0 Å². The Morgan fingerprint density at radius 1 is 0.632 bits per heavy atom. The van der Waals surface area contributed by atoms with Crippen LogP contribution in [0.2, 0.25) is 0 Å². The van der Waals surface area contributed by atoms with Gasteiger partial charge >= 0.3 is 0 Å². The highest BCUT2D eigenvalue weighted by molar-refractivity contribution is 4.59. The van der Waals surface area contributed by atoms with E-state index in [-0.39, 0.29) is 0 Å². The molecule has 1 N–H and O–H groups in total. The highest BCUT2D eigenvalue weighted by atomic mass is 14.9. The molecular weight excluding hydrogens is 230 g/mol. The Hall–Kier alpha value is -0.0400. The second-order valence-corrected chi connectivity index (χ2v) is 6.14. The van der Waals surface area contributed by atoms with E-state index in [2.05, 4.69) is 26.1 Å². The Morgan fingerprint density at radius 3 is 1.47 bits per heavy atom. The van der Waals surface area contributed by atoms with Crippen LogP contribution in [0.25, 0.3) is 0 Å². The summed E-state index contributed by atoms with van der Waals surface area (Å²) in [6.45, 7) is 7.90. The van der Waals surface area contributed by atoms with E-state index in [1.165, 1.54) is 83.5 Å². The zero-order valence-electron chi connectivity index (χ0n) is 14.0. The van der Waals surface area contributed by atoms with Crippen molar-refractivity contribution in [2.75, 3.05) is 6.54 Å². The van der Waals surface area contributed by atoms with Crippen molar-refractivity contribution in [2.45, 2.75) is 110 Å². The minimum atomic E-state index is 0.716. The molecule has 19 heavy (non-hydrogen) atoms. The molecule has 0 aromatic rings. The zero-order chi connectivity index (χ0) is 14.2. The lowest BCUT2D eigenvalue weighted by Gasteiger charge is -2.11. The van der Waals surface area contributed by atoms with Gasteiger partial charge in [0, 0.05) is 6.04 Å². The van der Waals surface area contributed by atoms with Crippen molar-refractivity contribution in [1.29, 1.82) is 0 Å². The molecule has 0 radical (unpaired) electrons. The van der Waals surface area contributed by atoms with E-state index in [0.717, 1.165) is 6.54 Å². The van der Waals surface area contributed by atoms with E-state index in [4.69, 9.17) is 0 Å². The molecule has 1 heteroatoms. The normalized spacial score (nSPS) is 12.8. The van der Waals surface area contributed by atoms with Crippen molar-refractivity contribution in [3.8, 4) is 0 Å². The Kier molecular flexibility index (Phi) is 16.0. The van der Waals surface area contributed by atoms with Crippen LogP contribution in [0.3, 0.4) is 0 Å². The minimum Gasteiger partial charge on any atom is -0.315 e. The van der Waals surface area contributed by atoms with E-state index in [0.29, 0.717) is 6.04 Å². The lowest BCUT2D eigenvalue weighted by molar-refractivity contribution is 0.484. The quantitative estimate of drug-likeness (QED) is 0.355. The van der Waals surface area contributed by atoms with Crippen LogP contribution in [0.4, 0.5) is 0 Å². The minimum absolute atomic E-state index is 0.716. The van der Waals surface area contributed by atoms with Gasteiger partial charge in [-0.05, 0) is 19.9 Å². The van der Waals surface area contributed by atoms with Gasteiger partial charge in [0.2, 0.25) is 0 Å². The number of nitrogens with one attached hydrogen (secondary N) is 1. The molecule has 0 bridgehead atoms. The van der Waals surface area contributed by atoms with Crippen molar-refractivity contribution >= 4 is 0 Å². The van der Waals surface area contributed by atoms with Gasteiger partial charge in [-0.1, -0.05) is 90.9 Å². The second-order valence-electron chi connectivity index (χ2n) is 6.14. The van der Waals surface area contributed by atoms with E-state index in [1.807, 2.05) is 0 Å². The predicted octanol–water partition coefficient (Wildman–Crippen LogP) is 6.08. The predicted molar refractivity (Wildman–Crippen MR) is 88.8 cm³/mol. The van der Waals surface area contributed by atoms with Crippen LogP contribution in [-0.2, 0) is 0 Å². The molecule has 0 fully saturated rings. The number of rotatable bonds is 15. The largest absolute Gasteiger partial charge is 0.315 e. The highest BCUT2D eigenvalue weighted by Crippen LogP contribution is 2.12. The average molecular weight is 270 g/mol. The van der Waals surface area contributed by atoms with E-state index >= 15 is 0 Å². The first-order chi connectivity index (χ1) is 9.31. The van der Waals surface area contributed by atoms with Crippen molar-refractivity contribution in [3.63, 3.8) is 0 Å². The third kappa shape index (κ3) is 15.9. The molecule has 0 amide bonds. The molecule has 1 unspecified atom stereocenters. The topological polar surface area (TPSA) is 12.0 Å². The maximum Gasteiger partial charge on any atom is 0.00386 e. The van der Waals surface area contributed by atoms with Crippen LogP contribution >= 0.6 is 0 Å². The van der Waals surface area contributed by atoms with Gasteiger partial charge < -0.3 is 5.32 Å². The third-order valence-electron chi connectivity index (χ3n) is 4.04. The molecule has 1 atom stereocenters. The van der Waals surface area contributed by atoms with Crippen molar-refractivity contribution in [3.05, 3.63) is 0 Å². The Labute approximate surface area is 122 Å². The third-order valence-corrected chi connectivity index (χ3v) is 4.04. The Bertz CT molecular complexity index is 156. The Balaban J connectivity index is 2.99. The van der Waals surface area contributed by atoms with Crippen LogP contribution in [0.1, 0.15) is 104 Å². The molecule has 1 nitrogen and oxygen atoms in total. The van der Waals surface area contributed by atoms with Gasteiger partial charge in [-0.15, -0.1) is 0 Å². The molecule has 0 heterocycles. The summed E-state index contributed by atoms with van der Waals surface area (Å²) in [5, 5.41) is 3.49. The van der Waals surface area contributed by atoms with Crippen LogP contribution < -0.4 is 5.32 Å². The lowest BCUT2D eigenvalue weighted by Crippen LogP contribution is -2.25. The van der Waals surface area contributed by atoms with Gasteiger partial charge in [0.25, 0.3) is 0 Å². The smallest absolute Gasteiger partial charge is 0.00386 e. The SMILES string of the molecule is CCCCCCCCCCCCCCC(C)NCC. The molecule has 0 aliphatic heterocycles. The van der Waals surface area contributed by atoms with Gasteiger partial charge in [-0.2, -0.15) is 0 Å². The fourth-order valence-electron chi connectivity index (χ4n) is 2.74. The first-order valence-electron chi connectivity index (χ1n) is 9.04. The van der Waals surface area contributed by atoms with Crippen molar-refractivity contribution < 1.29 is 0 Å². The zero-order valence-corrected chi connectivity index (χ0v) is 14.0. The number of hydrogen-bond donors (Lipinski definition) is 1. The van der Waals surface area contributed by atoms with Gasteiger partial charge in [-0.3, -0.25) is 0 Å². The molecule has 0 spiro atoms. The Morgan fingerprint density at radius 2 is 1.05 bits per heavy atom. The first kappa shape index (κ1) is 19.0. The number of unbranched alkanes of at least 4 members (excludes halogenated alkanes) is 11. The standard InChI is InChI=1S/C18H39N/c1-4-6-7-8-9-10-11-12-13-14-15-16-17-18(3)19-5-2/h18-19H,4-17H2,1-3H3. The van der Waals surface area contributed by atoms with Crippen LogP contribution in [0.5, 0.6) is 0 Å². The molecular formula is C18H39N. The fourth-order valence-corrected chi connectivity index (χ4v) is 2.74. The molecule has 0 aromatic heterocycles. The van der Waals surface area contributed by atoms with Crippen molar-refractivity contribution in [1.82, 2.24) is 5.32 Å². The van der Waals surface area contributed by atoms with E-state index in [1.54, 1.807) is 0 Å². The summed E-state index contributed by atoms with van der Waals surface area (Å²) in [5.74, 6) is 0. The van der Waals surface area contributed by atoms with Crippen LogP contribution in [-0.4, -0.2) is 12.6 Å². The van der Waals surface area contributed by atoms with Gasteiger partial charge in [0.05, 0.1) is 0 Å². The van der Waals surface area contributed by atoms with E-state index in [9.17, 15) is 0 Å². The average Bonchev–Trinajstić information content (AvgIpc) is 2.40. The van der Waals surface area contributed by atoms with Crippen molar-refractivity contribution in [2.24, 2.45) is 0 Å². The maximum absolute atomic E-state index is 3.49. The fraction of sp³-hybridized carbons (Fsp3) is 1.00. The molecule has 0 rings (SSSR count). The number of hydrogen-bond acceptors (Lipinski definition) is 1.